The molecule has 6 rings (SSSR count). The molecule has 11 heteroatoms. The van der Waals surface area contributed by atoms with E-state index in [0.29, 0.717) is 12.6 Å². The Bertz CT molecular complexity index is 1450. The molecule has 0 N–H and O–H groups in total. The van der Waals surface area contributed by atoms with Gasteiger partial charge in [-0.3, -0.25) is 14.6 Å². The number of likely N-dealkylation sites (tertiary alicyclic amines) is 1. The summed E-state index contributed by atoms with van der Waals surface area (Å²) in [4.78, 5) is 14.4. The van der Waals surface area contributed by atoms with Gasteiger partial charge >= 0.3 is 0 Å². The van der Waals surface area contributed by atoms with Gasteiger partial charge in [0, 0.05) is 50.7 Å². The standard InChI is InChI=1S/C31H44N8OSSi/c1-42(2,3)18-17-40-23-39(31-36-35-30(41-31)24-9-4-5-10-24)29-12-11-27-28(34-29)19-25(20-32-27)26-21-33-38(22-26)16-8-15-37-13-6-7-14-37/h11-12,19-22,24H,4-10,13-18,23H2,1-3H3. The van der Waals surface area contributed by atoms with E-state index >= 15 is 0 Å². The Kier molecular flexibility index (Phi) is 9.28. The Labute approximate surface area is 254 Å². The van der Waals surface area contributed by atoms with Crippen molar-refractivity contribution in [2.45, 2.75) is 83.1 Å². The molecule has 0 spiro atoms. The van der Waals surface area contributed by atoms with Crippen LogP contribution in [0.1, 0.15) is 55.9 Å². The first kappa shape index (κ1) is 29.3. The van der Waals surface area contributed by atoms with Crippen molar-refractivity contribution in [1.82, 2.24) is 34.8 Å². The maximum Gasteiger partial charge on any atom is 0.215 e. The molecule has 2 fully saturated rings. The van der Waals surface area contributed by atoms with Crippen molar-refractivity contribution in [3.8, 4) is 11.1 Å². The van der Waals surface area contributed by atoms with Crippen molar-refractivity contribution in [3.63, 3.8) is 0 Å². The molecule has 4 aromatic rings. The molecule has 9 nitrogen and oxygen atoms in total. The van der Waals surface area contributed by atoms with Gasteiger partial charge < -0.3 is 9.64 Å². The lowest BCUT2D eigenvalue weighted by Gasteiger charge is -2.22. The number of rotatable bonds is 13. The molecule has 0 amide bonds. The second kappa shape index (κ2) is 13.3. The van der Waals surface area contributed by atoms with Crippen LogP contribution >= 0.6 is 11.3 Å². The number of aromatic nitrogens is 6. The third kappa shape index (κ3) is 7.42. The molecule has 1 saturated heterocycles. The summed E-state index contributed by atoms with van der Waals surface area (Å²) in [5.74, 6) is 1.34. The molecule has 2 aliphatic rings. The van der Waals surface area contributed by atoms with E-state index in [1.807, 2.05) is 24.5 Å². The van der Waals surface area contributed by atoms with Gasteiger partial charge in [0.1, 0.15) is 17.6 Å². The monoisotopic (exact) mass is 604 g/mol. The van der Waals surface area contributed by atoms with Crippen LogP contribution in [0.3, 0.4) is 0 Å². The van der Waals surface area contributed by atoms with E-state index in [-0.39, 0.29) is 0 Å². The van der Waals surface area contributed by atoms with Gasteiger partial charge in [0.05, 0.1) is 17.2 Å². The van der Waals surface area contributed by atoms with Gasteiger partial charge in [-0.25, -0.2) is 4.98 Å². The molecule has 1 aliphatic carbocycles. The summed E-state index contributed by atoms with van der Waals surface area (Å²) in [5, 5.41) is 15.8. The normalized spacial score (nSPS) is 16.6. The van der Waals surface area contributed by atoms with Crippen LogP contribution in [0.15, 0.2) is 36.8 Å². The Morgan fingerprint density at radius 3 is 2.62 bits per heavy atom. The quantitative estimate of drug-likeness (QED) is 0.0922. The summed E-state index contributed by atoms with van der Waals surface area (Å²) in [5.41, 5.74) is 3.80. The van der Waals surface area contributed by atoms with Crippen LogP contribution in [-0.4, -0.2) is 75.9 Å². The maximum atomic E-state index is 6.22. The Morgan fingerprint density at radius 2 is 1.81 bits per heavy atom. The fourth-order valence-corrected chi connectivity index (χ4v) is 7.59. The number of nitrogens with zero attached hydrogens (tertiary/aromatic N) is 8. The molecular formula is C31H44N8OSSi. The number of anilines is 2. The lowest BCUT2D eigenvalue weighted by Crippen LogP contribution is -2.26. The topological polar surface area (TPSA) is 85.1 Å². The highest BCUT2D eigenvalue weighted by atomic mass is 32.1. The SMILES string of the molecule is C[Si](C)(C)CCOCN(c1ccc2ncc(-c3cnn(CCCN4CCCC4)c3)cc2n1)c1nnc(C2CCCC2)s1. The summed E-state index contributed by atoms with van der Waals surface area (Å²) in [6.45, 7) is 12.8. The molecule has 5 heterocycles. The zero-order valence-electron chi connectivity index (χ0n) is 25.3. The highest BCUT2D eigenvalue weighted by Gasteiger charge is 2.24. The number of fused-ring (bicyclic) bond motifs is 1. The van der Waals surface area contributed by atoms with Crippen LogP contribution in [0.2, 0.25) is 25.7 Å². The average molecular weight is 605 g/mol. The lowest BCUT2D eigenvalue weighted by atomic mass is 10.1. The second-order valence-corrected chi connectivity index (χ2v) is 19.6. The fourth-order valence-electron chi connectivity index (χ4n) is 5.83. The van der Waals surface area contributed by atoms with Crippen LogP contribution in [0.25, 0.3) is 22.2 Å². The third-order valence-corrected chi connectivity index (χ3v) is 11.2. The smallest absolute Gasteiger partial charge is 0.215 e. The summed E-state index contributed by atoms with van der Waals surface area (Å²) in [7, 11) is -1.19. The average Bonchev–Trinajstić information content (AvgIpc) is 3.79. The molecule has 1 saturated carbocycles. The lowest BCUT2D eigenvalue weighted by molar-refractivity contribution is 0.153. The molecule has 0 unspecified atom stereocenters. The Balaban J connectivity index is 1.20. The van der Waals surface area contributed by atoms with Gasteiger partial charge in [0.15, 0.2) is 0 Å². The van der Waals surface area contributed by atoms with E-state index in [0.717, 1.165) is 70.3 Å². The fraction of sp³-hybridized carbons (Fsp3) is 0.581. The minimum absolute atomic E-state index is 0.402. The Hall–Kier alpha value is -2.73. The number of hydrogen-bond acceptors (Lipinski definition) is 9. The third-order valence-electron chi connectivity index (χ3n) is 8.41. The van der Waals surface area contributed by atoms with Crippen LogP contribution in [0.5, 0.6) is 0 Å². The molecule has 0 bridgehead atoms. The highest BCUT2D eigenvalue weighted by molar-refractivity contribution is 7.15. The number of hydrogen-bond donors (Lipinski definition) is 0. The van der Waals surface area contributed by atoms with Gasteiger partial charge in [-0.15, -0.1) is 10.2 Å². The predicted octanol–water partition coefficient (Wildman–Crippen LogP) is 6.94. The van der Waals surface area contributed by atoms with Crippen molar-refractivity contribution < 1.29 is 4.74 Å². The molecule has 0 aromatic carbocycles. The Morgan fingerprint density at radius 1 is 0.976 bits per heavy atom. The van der Waals surface area contributed by atoms with Gasteiger partial charge in [-0.1, -0.05) is 43.8 Å². The molecular weight excluding hydrogens is 561 g/mol. The van der Waals surface area contributed by atoms with Gasteiger partial charge in [0.25, 0.3) is 0 Å². The van der Waals surface area contributed by atoms with Crippen molar-refractivity contribution in [2.75, 3.05) is 37.9 Å². The van der Waals surface area contributed by atoms with Gasteiger partial charge in [-0.05, 0) is 76.0 Å². The van der Waals surface area contributed by atoms with Crippen molar-refractivity contribution >= 4 is 41.4 Å². The maximum absolute atomic E-state index is 6.22. The summed E-state index contributed by atoms with van der Waals surface area (Å²) < 4.78 is 8.27. The van der Waals surface area contributed by atoms with Crippen LogP contribution < -0.4 is 4.90 Å². The summed E-state index contributed by atoms with van der Waals surface area (Å²) in [6.07, 6.45) is 14.7. The molecule has 224 valence electrons. The van der Waals surface area contributed by atoms with E-state index in [1.165, 1.54) is 51.6 Å². The van der Waals surface area contributed by atoms with Crippen LogP contribution in [0, 0.1) is 0 Å². The minimum Gasteiger partial charge on any atom is -0.361 e. The molecule has 0 radical (unpaired) electrons. The molecule has 1 aliphatic heterocycles. The van der Waals surface area contributed by atoms with Crippen LogP contribution in [0.4, 0.5) is 10.9 Å². The first-order valence-corrected chi connectivity index (χ1v) is 20.1. The highest BCUT2D eigenvalue weighted by Crippen LogP contribution is 2.38. The summed E-state index contributed by atoms with van der Waals surface area (Å²) >= 11 is 1.68. The van der Waals surface area contributed by atoms with E-state index in [4.69, 9.17) is 14.7 Å². The van der Waals surface area contributed by atoms with E-state index in [9.17, 15) is 0 Å². The zero-order chi connectivity index (χ0) is 28.9. The van der Waals surface area contributed by atoms with Crippen molar-refractivity contribution in [2.24, 2.45) is 0 Å². The predicted molar refractivity (Wildman–Crippen MR) is 173 cm³/mol. The minimum atomic E-state index is -1.19. The summed E-state index contributed by atoms with van der Waals surface area (Å²) in [6, 6.07) is 7.30. The number of pyridine rings is 2. The first-order valence-electron chi connectivity index (χ1n) is 15.6. The van der Waals surface area contributed by atoms with Crippen LogP contribution in [-0.2, 0) is 11.3 Å². The first-order chi connectivity index (χ1) is 20.4. The molecule has 42 heavy (non-hydrogen) atoms. The zero-order valence-corrected chi connectivity index (χ0v) is 27.2. The largest absolute Gasteiger partial charge is 0.361 e. The van der Waals surface area contributed by atoms with Gasteiger partial charge in [0.2, 0.25) is 5.13 Å². The van der Waals surface area contributed by atoms with Crippen molar-refractivity contribution in [3.05, 3.63) is 41.8 Å². The molecule has 4 aromatic heterocycles. The number of ether oxygens (including phenoxy) is 1. The van der Waals surface area contributed by atoms with Gasteiger partial charge in [-0.2, -0.15) is 5.10 Å². The second-order valence-electron chi connectivity index (χ2n) is 13.0. The number of aryl methyl sites for hydroxylation is 1. The van der Waals surface area contributed by atoms with E-state index in [2.05, 4.69) is 61.7 Å². The van der Waals surface area contributed by atoms with E-state index < -0.39 is 8.07 Å². The van der Waals surface area contributed by atoms with E-state index in [1.54, 1.807) is 11.3 Å². The van der Waals surface area contributed by atoms with Crippen molar-refractivity contribution in [1.29, 1.82) is 0 Å². The molecule has 0 atom stereocenters.